The van der Waals surface area contributed by atoms with E-state index in [-0.39, 0.29) is 11.4 Å². The Morgan fingerprint density at radius 1 is 1.14 bits per heavy atom. The van der Waals surface area contributed by atoms with Crippen LogP contribution in [0.15, 0.2) is 66.2 Å². The average molecular weight is 504 g/mol. The number of benzene rings is 1. The Morgan fingerprint density at radius 3 is 2.89 bits per heavy atom. The van der Waals surface area contributed by atoms with Crippen molar-refractivity contribution >= 4 is 29.0 Å². The monoisotopic (exact) mass is 503 g/mol. The molecule has 1 aromatic carbocycles. The first-order chi connectivity index (χ1) is 18.2. The maximum absolute atomic E-state index is 14.7. The van der Waals surface area contributed by atoms with Gasteiger partial charge in [0.25, 0.3) is 0 Å². The topological polar surface area (TPSA) is 99.6 Å². The van der Waals surface area contributed by atoms with Gasteiger partial charge in [-0.3, -0.25) is 0 Å². The van der Waals surface area contributed by atoms with Crippen LogP contribution in [-0.2, 0) is 6.54 Å². The lowest BCUT2D eigenvalue weighted by atomic mass is 10.1. The van der Waals surface area contributed by atoms with Crippen LogP contribution in [-0.4, -0.2) is 51.3 Å². The van der Waals surface area contributed by atoms with E-state index in [1.165, 1.54) is 44.5 Å². The second kappa shape index (κ2) is 11.7. The SMILES string of the molecule is O=C(N/N=C/c1cccn1CCCN1CCCCC1)Nc1ccc(Oc2ccnc3[nH]ccc23)c(F)c1. The quantitative estimate of drug-likeness (QED) is 0.212. The van der Waals surface area contributed by atoms with Gasteiger partial charge < -0.3 is 24.5 Å². The minimum absolute atomic E-state index is 0.0405. The lowest BCUT2D eigenvalue weighted by molar-refractivity contribution is 0.223. The van der Waals surface area contributed by atoms with Gasteiger partial charge in [-0.1, -0.05) is 6.42 Å². The first-order valence-corrected chi connectivity index (χ1v) is 12.5. The molecule has 0 spiro atoms. The number of amides is 2. The van der Waals surface area contributed by atoms with Gasteiger partial charge in [-0.25, -0.2) is 19.6 Å². The normalized spacial score (nSPS) is 14.3. The molecular weight excluding hydrogens is 473 g/mol. The Hall–Kier alpha value is -4.18. The lowest BCUT2D eigenvalue weighted by Crippen LogP contribution is -2.31. The van der Waals surface area contributed by atoms with Crippen molar-refractivity contribution in [1.82, 2.24) is 24.9 Å². The number of hydrogen-bond acceptors (Lipinski definition) is 5. The van der Waals surface area contributed by atoms with Gasteiger partial charge in [0.2, 0.25) is 0 Å². The number of anilines is 1. The van der Waals surface area contributed by atoms with Crippen molar-refractivity contribution in [3.05, 3.63) is 72.6 Å². The summed E-state index contributed by atoms with van der Waals surface area (Å²) in [6.07, 6.45) is 11.9. The Balaban J connectivity index is 1.11. The Bertz CT molecular complexity index is 1370. The minimum Gasteiger partial charge on any atom is -0.453 e. The van der Waals surface area contributed by atoms with Crippen LogP contribution >= 0.6 is 0 Å². The zero-order valence-corrected chi connectivity index (χ0v) is 20.5. The molecule has 3 N–H and O–H groups in total. The van der Waals surface area contributed by atoms with E-state index < -0.39 is 11.8 Å². The molecule has 0 aliphatic carbocycles. The van der Waals surface area contributed by atoms with Crippen LogP contribution in [0.2, 0.25) is 0 Å². The molecule has 0 bridgehead atoms. The molecule has 5 rings (SSSR count). The number of carbonyl (C=O) groups is 1. The van der Waals surface area contributed by atoms with E-state index in [4.69, 9.17) is 4.74 Å². The molecule has 10 heteroatoms. The first kappa shape index (κ1) is 24.5. The van der Waals surface area contributed by atoms with Gasteiger partial charge >= 0.3 is 6.03 Å². The molecule has 0 radical (unpaired) electrons. The van der Waals surface area contributed by atoms with Crippen LogP contribution in [0.5, 0.6) is 11.5 Å². The molecule has 0 saturated carbocycles. The molecule has 1 saturated heterocycles. The number of rotatable bonds is 9. The number of likely N-dealkylation sites (tertiary alicyclic amines) is 1. The number of piperidine rings is 1. The molecule has 2 amide bonds. The van der Waals surface area contributed by atoms with Crippen molar-refractivity contribution in [3.63, 3.8) is 0 Å². The van der Waals surface area contributed by atoms with Crippen LogP contribution in [0.1, 0.15) is 31.4 Å². The van der Waals surface area contributed by atoms with E-state index in [1.54, 1.807) is 30.7 Å². The highest BCUT2D eigenvalue weighted by Crippen LogP contribution is 2.31. The summed E-state index contributed by atoms with van der Waals surface area (Å²) in [5.41, 5.74) is 4.26. The number of nitrogens with zero attached hydrogens (tertiary/aromatic N) is 4. The number of halogens is 1. The van der Waals surface area contributed by atoms with Crippen molar-refractivity contribution < 1.29 is 13.9 Å². The summed E-state index contributed by atoms with van der Waals surface area (Å²) in [6.45, 7) is 4.37. The number of aryl methyl sites for hydroxylation is 1. The van der Waals surface area contributed by atoms with Gasteiger partial charge in [0.15, 0.2) is 11.6 Å². The second-order valence-corrected chi connectivity index (χ2v) is 9.00. The highest BCUT2D eigenvalue weighted by Gasteiger charge is 2.12. The highest BCUT2D eigenvalue weighted by molar-refractivity contribution is 5.90. The van der Waals surface area contributed by atoms with Gasteiger partial charge in [0, 0.05) is 36.9 Å². The summed E-state index contributed by atoms with van der Waals surface area (Å²) in [7, 11) is 0. The van der Waals surface area contributed by atoms with Crippen molar-refractivity contribution in [2.45, 2.75) is 32.2 Å². The molecule has 4 heterocycles. The molecule has 1 aliphatic rings. The number of pyridine rings is 1. The fourth-order valence-electron chi connectivity index (χ4n) is 4.52. The zero-order valence-electron chi connectivity index (χ0n) is 20.5. The van der Waals surface area contributed by atoms with Crippen molar-refractivity contribution in [2.75, 3.05) is 25.0 Å². The Morgan fingerprint density at radius 2 is 2.03 bits per heavy atom. The third kappa shape index (κ3) is 6.34. The number of aromatic nitrogens is 3. The summed E-state index contributed by atoms with van der Waals surface area (Å²) in [4.78, 5) is 22.0. The van der Waals surface area contributed by atoms with E-state index in [0.29, 0.717) is 11.4 Å². The van der Waals surface area contributed by atoms with Crippen LogP contribution in [0.4, 0.5) is 14.9 Å². The molecule has 1 fully saturated rings. The Kier molecular flexibility index (Phi) is 7.75. The van der Waals surface area contributed by atoms with E-state index in [1.807, 2.05) is 24.4 Å². The molecule has 4 aromatic rings. The van der Waals surface area contributed by atoms with E-state index in [2.05, 4.69) is 35.3 Å². The Labute approximate surface area is 214 Å². The number of carbonyl (C=O) groups excluding carboxylic acids is 1. The number of nitrogens with one attached hydrogen (secondary N) is 3. The van der Waals surface area contributed by atoms with Crippen LogP contribution < -0.4 is 15.5 Å². The number of ether oxygens (including phenoxy) is 1. The summed E-state index contributed by atoms with van der Waals surface area (Å²) in [5, 5.41) is 7.37. The number of hydrogen-bond donors (Lipinski definition) is 3. The predicted octanol–water partition coefficient (Wildman–Crippen LogP) is 5.33. The molecule has 192 valence electrons. The fraction of sp³-hybridized carbons (Fsp3) is 0.296. The fourth-order valence-corrected chi connectivity index (χ4v) is 4.52. The standard InChI is InChI=1S/C27H30FN7O2/c28-23-18-20(7-8-25(23)37-24-10-12-30-26-22(24)9-11-29-26)32-27(36)33-31-19-21-6-4-16-35(21)17-5-15-34-13-2-1-3-14-34/h4,6-12,16,18-19H,1-3,5,13-15,17H2,(H,29,30)(H2,32,33,36)/b31-19+. The van der Waals surface area contributed by atoms with E-state index in [9.17, 15) is 9.18 Å². The number of urea groups is 1. The number of H-pyrrole nitrogens is 1. The molecule has 37 heavy (non-hydrogen) atoms. The molecule has 0 atom stereocenters. The third-order valence-corrected chi connectivity index (χ3v) is 6.38. The van der Waals surface area contributed by atoms with Crippen molar-refractivity contribution in [1.29, 1.82) is 0 Å². The largest absolute Gasteiger partial charge is 0.453 e. The highest BCUT2D eigenvalue weighted by atomic mass is 19.1. The van der Waals surface area contributed by atoms with Crippen molar-refractivity contribution in [2.24, 2.45) is 5.10 Å². The summed E-state index contributed by atoms with van der Waals surface area (Å²) >= 11 is 0. The molecule has 3 aromatic heterocycles. The third-order valence-electron chi connectivity index (χ3n) is 6.38. The summed E-state index contributed by atoms with van der Waals surface area (Å²) < 4.78 is 22.5. The second-order valence-electron chi connectivity index (χ2n) is 9.00. The predicted molar refractivity (Wildman–Crippen MR) is 142 cm³/mol. The number of aromatic amines is 1. The first-order valence-electron chi connectivity index (χ1n) is 12.5. The van der Waals surface area contributed by atoms with E-state index >= 15 is 0 Å². The molecule has 9 nitrogen and oxygen atoms in total. The zero-order chi connectivity index (χ0) is 25.5. The minimum atomic E-state index is -0.607. The van der Waals surface area contributed by atoms with Crippen LogP contribution in [0.25, 0.3) is 11.0 Å². The number of fused-ring (bicyclic) bond motifs is 1. The van der Waals surface area contributed by atoms with Gasteiger partial charge in [0.05, 0.1) is 17.3 Å². The van der Waals surface area contributed by atoms with Crippen LogP contribution in [0, 0.1) is 5.82 Å². The molecule has 1 aliphatic heterocycles. The maximum Gasteiger partial charge on any atom is 0.339 e. The van der Waals surface area contributed by atoms with Gasteiger partial charge in [-0.15, -0.1) is 0 Å². The molecule has 0 unspecified atom stereocenters. The summed E-state index contributed by atoms with van der Waals surface area (Å²) in [5.74, 6) is -0.0860. The van der Waals surface area contributed by atoms with Crippen molar-refractivity contribution in [3.8, 4) is 11.5 Å². The van der Waals surface area contributed by atoms with E-state index in [0.717, 1.165) is 30.6 Å². The smallest absolute Gasteiger partial charge is 0.339 e. The van der Waals surface area contributed by atoms with Gasteiger partial charge in [-0.2, -0.15) is 5.10 Å². The number of hydrazone groups is 1. The summed E-state index contributed by atoms with van der Waals surface area (Å²) in [6, 6.07) is 11.0. The maximum atomic E-state index is 14.7. The van der Waals surface area contributed by atoms with Gasteiger partial charge in [-0.05, 0) is 75.3 Å². The van der Waals surface area contributed by atoms with Gasteiger partial charge in [0.1, 0.15) is 11.4 Å². The molecular formula is C27H30FN7O2. The lowest BCUT2D eigenvalue weighted by Gasteiger charge is -2.26. The van der Waals surface area contributed by atoms with Crippen LogP contribution in [0.3, 0.4) is 0 Å². The average Bonchev–Trinajstić information content (AvgIpc) is 3.56.